The van der Waals surface area contributed by atoms with Crippen LogP contribution >= 0.6 is 0 Å². The van der Waals surface area contributed by atoms with Crippen LogP contribution in [0, 0.1) is 0 Å². The molecular formula is C6H11N3O. The van der Waals surface area contributed by atoms with E-state index in [0.29, 0.717) is 0 Å². The average molecular weight is 141 g/mol. The van der Waals surface area contributed by atoms with Gasteiger partial charge in [-0.15, -0.1) is 10.2 Å². The maximum Gasteiger partial charge on any atom is 0.119 e. The van der Waals surface area contributed by atoms with Crippen molar-refractivity contribution in [3.8, 4) is 0 Å². The number of aliphatic hydroxyl groups excluding tert-OH is 1. The number of aromatic nitrogens is 3. The molecule has 0 aromatic carbocycles. The van der Waals surface area contributed by atoms with Crippen LogP contribution in [0.3, 0.4) is 0 Å². The van der Waals surface area contributed by atoms with Crippen molar-refractivity contribution in [2.75, 3.05) is 0 Å². The van der Waals surface area contributed by atoms with Crippen LogP contribution in [-0.2, 0) is 0 Å². The van der Waals surface area contributed by atoms with Crippen LogP contribution < -0.4 is 0 Å². The first kappa shape index (κ1) is 7.21. The van der Waals surface area contributed by atoms with E-state index < -0.39 is 0 Å². The van der Waals surface area contributed by atoms with E-state index in [2.05, 4.69) is 10.2 Å². The molecule has 1 N–H and O–H groups in total. The number of hydrogen-bond donors (Lipinski definition) is 1. The van der Waals surface area contributed by atoms with Gasteiger partial charge in [-0.1, -0.05) is 0 Å². The molecule has 1 aromatic heterocycles. The van der Waals surface area contributed by atoms with Crippen LogP contribution in [-0.4, -0.2) is 26.0 Å². The lowest BCUT2D eigenvalue weighted by atomic mass is 10.2. The van der Waals surface area contributed by atoms with E-state index in [0.717, 1.165) is 0 Å². The van der Waals surface area contributed by atoms with E-state index in [9.17, 15) is 0 Å². The summed E-state index contributed by atoms with van der Waals surface area (Å²) in [6.45, 7) is 3.65. The molecule has 0 fully saturated rings. The summed E-state index contributed by atoms with van der Waals surface area (Å²) in [5.74, 6) is 0. The number of nitrogens with zero attached hydrogens (tertiary/aromatic N) is 3. The highest BCUT2D eigenvalue weighted by Gasteiger charge is 2.09. The molecule has 0 unspecified atom stereocenters. The van der Waals surface area contributed by atoms with Gasteiger partial charge in [-0.25, -0.2) is 0 Å². The van der Waals surface area contributed by atoms with E-state index in [-0.39, 0.29) is 12.1 Å². The first-order chi connectivity index (χ1) is 4.72. The standard InChI is InChI=1S/C6H11N3O/c1-5(6(2)10)9-3-7-8-4-9/h3-6,10H,1-2H3/t5-,6+/m0/s1. The minimum Gasteiger partial charge on any atom is -0.391 e. The molecule has 0 bridgehead atoms. The molecule has 0 radical (unpaired) electrons. The molecule has 56 valence electrons. The molecule has 0 saturated carbocycles. The van der Waals surface area contributed by atoms with Crippen LogP contribution in [0.1, 0.15) is 19.9 Å². The fourth-order valence-corrected chi connectivity index (χ4v) is 0.668. The van der Waals surface area contributed by atoms with Crippen LogP contribution in [0.15, 0.2) is 12.7 Å². The second-order valence-corrected chi connectivity index (χ2v) is 2.39. The SMILES string of the molecule is C[C@@H](O)[C@H](C)n1cnnc1. The van der Waals surface area contributed by atoms with Gasteiger partial charge in [-0.3, -0.25) is 0 Å². The van der Waals surface area contributed by atoms with Crippen LogP contribution in [0.25, 0.3) is 0 Å². The lowest BCUT2D eigenvalue weighted by Crippen LogP contribution is -2.16. The van der Waals surface area contributed by atoms with Gasteiger partial charge in [0, 0.05) is 0 Å². The van der Waals surface area contributed by atoms with Crippen molar-refractivity contribution < 1.29 is 5.11 Å². The number of rotatable bonds is 2. The topological polar surface area (TPSA) is 50.9 Å². The average Bonchev–Trinajstić information content (AvgIpc) is 2.36. The number of hydrogen-bond acceptors (Lipinski definition) is 3. The monoisotopic (exact) mass is 141 g/mol. The molecule has 0 aliphatic heterocycles. The fourth-order valence-electron chi connectivity index (χ4n) is 0.668. The molecular weight excluding hydrogens is 130 g/mol. The zero-order chi connectivity index (χ0) is 7.56. The highest BCUT2D eigenvalue weighted by atomic mass is 16.3. The fraction of sp³-hybridized carbons (Fsp3) is 0.667. The maximum absolute atomic E-state index is 9.12. The molecule has 1 rings (SSSR count). The Morgan fingerprint density at radius 2 is 1.80 bits per heavy atom. The van der Waals surface area contributed by atoms with E-state index in [4.69, 9.17) is 5.11 Å². The molecule has 4 heteroatoms. The third-order valence-corrected chi connectivity index (χ3v) is 1.61. The Balaban J connectivity index is 2.68. The molecule has 10 heavy (non-hydrogen) atoms. The van der Waals surface area contributed by atoms with Gasteiger partial charge in [0.05, 0.1) is 12.1 Å². The van der Waals surface area contributed by atoms with Gasteiger partial charge in [-0.2, -0.15) is 0 Å². The Kier molecular flexibility index (Phi) is 2.01. The van der Waals surface area contributed by atoms with Crippen molar-refractivity contribution in [3.05, 3.63) is 12.7 Å². The minimum absolute atomic E-state index is 0.0509. The molecule has 0 spiro atoms. The second-order valence-electron chi connectivity index (χ2n) is 2.39. The Labute approximate surface area is 59.5 Å². The van der Waals surface area contributed by atoms with Crippen molar-refractivity contribution in [3.63, 3.8) is 0 Å². The summed E-state index contributed by atoms with van der Waals surface area (Å²) < 4.78 is 1.77. The summed E-state index contributed by atoms with van der Waals surface area (Å²) in [5.41, 5.74) is 0. The molecule has 1 heterocycles. The van der Waals surface area contributed by atoms with Crippen molar-refractivity contribution >= 4 is 0 Å². The zero-order valence-electron chi connectivity index (χ0n) is 6.10. The third-order valence-electron chi connectivity index (χ3n) is 1.61. The van der Waals surface area contributed by atoms with Gasteiger partial charge in [0.1, 0.15) is 12.7 Å². The molecule has 1 aromatic rings. The Morgan fingerprint density at radius 3 is 2.20 bits per heavy atom. The first-order valence-corrected chi connectivity index (χ1v) is 3.24. The van der Waals surface area contributed by atoms with E-state index in [1.807, 2.05) is 6.92 Å². The normalized spacial score (nSPS) is 16.7. The largest absolute Gasteiger partial charge is 0.391 e. The van der Waals surface area contributed by atoms with Crippen molar-refractivity contribution in [2.24, 2.45) is 0 Å². The quantitative estimate of drug-likeness (QED) is 0.641. The Morgan fingerprint density at radius 1 is 1.30 bits per heavy atom. The van der Waals surface area contributed by atoms with E-state index in [1.54, 1.807) is 24.1 Å². The molecule has 4 nitrogen and oxygen atoms in total. The maximum atomic E-state index is 9.12. The molecule has 0 amide bonds. The molecule has 0 saturated heterocycles. The van der Waals surface area contributed by atoms with E-state index in [1.165, 1.54) is 0 Å². The van der Waals surface area contributed by atoms with Gasteiger partial charge in [0.2, 0.25) is 0 Å². The van der Waals surface area contributed by atoms with Gasteiger partial charge in [0.25, 0.3) is 0 Å². The summed E-state index contributed by atoms with van der Waals surface area (Å²) in [6.07, 6.45) is 2.82. The van der Waals surface area contributed by atoms with Gasteiger partial charge in [-0.05, 0) is 13.8 Å². The summed E-state index contributed by atoms with van der Waals surface area (Å²) in [7, 11) is 0. The summed E-state index contributed by atoms with van der Waals surface area (Å²) in [6, 6.07) is 0.0509. The lowest BCUT2D eigenvalue weighted by Gasteiger charge is -2.14. The highest BCUT2D eigenvalue weighted by Crippen LogP contribution is 2.07. The van der Waals surface area contributed by atoms with E-state index >= 15 is 0 Å². The Bertz CT molecular complexity index is 183. The Hall–Kier alpha value is -0.900. The van der Waals surface area contributed by atoms with Crippen molar-refractivity contribution in [2.45, 2.75) is 26.0 Å². The van der Waals surface area contributed by atoms with Crippen LogP contribution in [0.5, 0.6) is 0 Å². The summed E-state index contributed by atoms with van der Waals surface area (Å²) >= 11 is 0. The number of aliphatic hydroxyl groups is 1. The summed E-state index contributed by atoms with van der Waals surface area (Å²) in [5, 5.41) is 16.4. The zero-order valence-corrected chi connectivity index (χ0v) is 6.10. The van der Waals surface area contributed by atoms with Gasteiger partial charge >= 0.3 is 0 Å². The smallest absolute Gasteiger partial charge is 0.119 e. The molecule has 0 aliphatic rings. The van der Waals surface area contributed by atoms with Gasteiger partial charge in [0.15, 0.2) is 0 Å². The minimum atomic E-state index is -0.365. The summed E-state index contributed by atoms with van der Waals surface area (Å²) in [4.78, 5) is 0. The third kappa shape index (κ3) is 1.33. The lowest BCUT2D eigenvalue weighted by molar-refractivity contribution is 0.139. The van der Waals surface area contributed by atoms with Crippen LogP contribution in [0.2, 0.25) is 0 Å². The van der Waals surface area contributed by atoms with Crippen LogP contribution in [0.4, 0.5) is 0 Å². The first-order valence-electron chi connectivity index (χ1n) is 3.24. The predicted octanol–water partition coefficient (Wildman–Crippen LogP) is 0.220. The second kappa shape index (κ2) is 2.79. The molecule has 0 aliphatic carbocycles. The van der Waals surface area contributed by atoms with Crippen molar-refractivity contribution in [1.82, 2.24) is 14.8 Å². The predicted molar refractivity (Wildman–Crippen MR) is 36.4 cm³/mol. The van der Waals surface area contributed by atoms with Crippen molar-refractivity contribution in [1.29, 1.82) is 0 Å². The van der Waals surface area contributed by atoms with Gasteiger partial charge < -0.3 is 9.67 Å². The molecule has 2 atom stereocenters. The highest BCUT2D eigenvalue weighted by molar-refractivity contribution is 4.72.